The Hall–Kier alpha value is -2.07. The molecule has 0 amide bonds. The molecule has 1 N–H and O–H groups in total. The molecule has 1 aromatic heterocycles. The Morgan fingerprint density at radius 2 is 1.95 bits per heavy atom. The van der Waals surface area contributed by atoms with Crippen molar-refractivity contribution in [3.05, 3.63) is 64.6 Å². The summed E-state index contributed by atoms with van der Waals surface area (Å²) < 4.78 is 7.32. The van der Waals surface area contributed by atoms with E-state index in [9.17, 15) is 4.79 Å². The summed E-state index contributed by atoms with van der Waals surface area (Å²) in [6.07, 6.45) is 1.77. The van der Waals surface area contributed by atoms with Gasteiger partial charge in [0.25, 0.3) is 5.56 Å². The molecule has 0 radical (unpaired) electrons. The number of aromatic nitrogens is 1. The highest BCUT2D eigenvalue weighted by Crippen LogP contribution is 2.17. The fourth-order valence-electron chi connectivity index (χ4n) is 2.18. The van der Waals surface area contributed by atoms with E-state index in [0.717, 1.165) is 12.3 Å². The zero-order valence-electron chi connectivity index (χ0n) is 12.6. The van der Waals surface area contributed by atoms with Crippen molar-refractivity contribution in [3.63, 3.8) is 0 Å². The third-order valence-corrected chi connectivity index (χ3v) is 3.39. The Bertz CT molecular complexity index is 605. The van der Waals surface area contributed by atoms with E-state index in [1.54, 1.807) is 22.9 Å². The number of rotatable bonds is 7. The van der Waals surface area contributed by atoms with Crippen molar-refractivity contribution < 1.29 is 4.74 Å². The summed E-state index contributed by atoms with van der Waals surface area (Å²) in [6.45, 7) is 6.22. The molecule has 4 heteroatoms. The van der Waals surface area contributed by atoms with Crippen molar-refractivity contribution >= 4 is 0 Å². The second kappa shape index (κ2) is 7.64. The van der Waals surface area contributed by atoms with E-state index in [1.807, 2.05) is 18.2 Å². The molecule has 0 spiro atoms. The normalized spacial score (nSPS) is 12.1. The van der Waals surface area contributed by atoms with Crippen LogP contribution >= 0.6 is 0 Å². The van der Waals surface area contributed by atoms with Gasteiger partial charge in [0.05, 0.1) is 6.54 Å². The number of hydrogen-bond acceptors (Lipinski definition) is 3. The third-order valence-electron chi connectivity index (χ3n) is 3.39. The van der Waals surface area contributed by atoms with Gasteiger partial charge in [-0.1, -0.05) is 25.1 Å². The first-order valence-corrected chi connectivity index (χ1v) is 7.32. The van der Waals surface area contributed by atoms with Crippen LogP contribution < -0.4 is 15.6 Å². The predicted molar refractivity (Wildman–Crippen MR) is 84.7 cm³/mol. The van der Waals surface area contributed by atoms with Crippen molar-refractivity contribution in [1.82, 2.24) is 9.88 Å². The molecular formula is C17H22N2O2. The van der Waals surface area contributed by atoms with Gasteiger partial charge in [-0.05, 0) is 37.2 Å². The van der Waals surface area contributed by atoms with Crippen LogP contribution in [0.25, 0.3) is 0 Å². The lowest BCUT2D eigenvalue weighted by Crippen LogP contribution is -2.21. The molecule has 1 aromatic carbocycles. The molecule has 0 bridgehead atoms. The van der Waals surface area contributed by atoms with E-state index in [-0.39, 0.29) is 5.56 Å². The topological polar surface area (TPSA) is 43.3 Å². The number of nitrogens with one attached hydrogen (secondary N) is 1. The van der Waals surface area contributed by atoms with Crippen molar-refractivity contribution in [1.29, 1.82) is 0 Å². The van der Waals surface area contributed by atoms with E-state index in [4.69, 9.17) is 4.74 Å². The molecule has 21 heavy (non-hydrogen) atoms. The van der Waals surface area contributed by atoms with Crippen LogP contribution in [0.1, 0.15) is 25.5 Å². The lowest BCUT2D eigenvalue weighted by atomic mass is 10.1. The van der Waals surface area contributed by atoms with E-state index < -0.39 is 0 Å². The molecule has 1 heterocycles. The van der Waals surface area contributed by atoms with Crippen LogP contribution in [-0.4, -0.2) is 17.7 Å². The smallest absolute Gasteiger partial charge is 0.250 e. The summed E-state index contributed by atoms with van der Waals surface area (Å²) >= 11 is 0. The third kappa shape index (κ3) is 4.46. The van der Waals surface area contributed by atoms with Crippen LogP contribution in [0.2, 0.25) is 0 Å². The van der Waals surface area contributed by atoms with Crippen molar-refractivity contribution in [2.45, 2.75) is 26.4 Å². The maximum absolute atomic E-state index is 11.5. The second-order valence-electron chi connectivity index (χ2n) is 4.93. The molecule has 0 aliphatic rings. The number of nitrogens with zero attached hydrogens (tertiary/aromatic N) is 1. The van der Waals surface area contributed by atoms with Gasteiger partial charge in [0.2, 0.25) is 0 Å². The molecule has 2 aromatic rings. The highest BCUT2D eigenvalue weighted by molar-refractivity contribution is 5.28. The average Bonchev–Trinajstić information content (AvgIpc) is 2.50. The SMILES string of the molecule is CCNC(C)c1ccc(OCCn2ccccc2=O)cc1. The van der Waals surface area contributed by atoms with Gasteiger partial charge in [-0.15, -0.1) is 0 Å². The maximum Gasteiger partial charge on any atom is 0.250 e. The number of benzene rings is 1. The minimum atomic E-state index is -0.00378. The Morgan fingerprint density at radius 3 is 2.62 bits per heavy atom. The van der Waals surface area contributed by atoms with Crippen LogP contribution in [0.3, 0.4) is 0 Å². The summed E-state index contributed by atoms with van der Waals surface area (Å²) in [4.78, 5) is 11.5. The average molecular weight is 286 g/mol. The van der Waals surface area contributed by atoms with E-state index in [1.165, 1.54) is 5.56 Å². The summed E-state index contributed by atoms with van der Waals surface area (Å²) in [5.74, 6) is 0.825. The number of pyridine rings is 1. The summed E-state index contributed by atoms with van der Waals surface area (Å²) in [7, 11) is 0. The maximum atomic E-state index is 11.5. The van der Waals surface area contributed by atoms with Gasteiger partial charge in [-0.3, -0.25) is 4.79 Å². The van der Waals surface area contributed by atoms with Crippen molar-refractivity contribution in [2.24, 2.45) is 0 Å². The second-order valence-corrected chi connectivity index (χ2v) is 4.93. The summed E-state index contributed by atoms with van der Waals surface area (Å²) in [5.41, 5.74) is 1.24. The fourth-order valence-corrected chi connectivity index (χ4v) is 2.18. The molecule has 1 unspecified atom stereocenters. The first kappa shape index (κ1) is 15.3. The molecule has 4 nitrogen and oxygen atoms in total. The zero-order valence-corrected chi connectivity index (χ0v) is 12.6. The fraction of sp³-hybridized carbons (Fsp3) is 0.353. The highest BCUT2D eigenvalue weighted by Gasteiger charge is 2.03. The van der Waals surface area contributed by atoms with Gasteiger partial charge < -0.3 is 14.6 Å². The Kier molecular flexibility index (Phi) is 5.58. The molecule has 0 aliphatic carbocycles. The quantitative estimate of drug-likeness (QED) is 0.851. The van der Waals surface area contributed by atoms with Crippen LogP contribution in [0.5, 0.6) is 5.75 Å². The molecular weight excluding hydrogens is 264 g/mol. The summed E-state index contributed by atoms with van der Waals surface area (Å²) in [6, 6.07) is 13.5. The first-order valence-electron chi connectivity index (χ1n) is 7.32. The predicted octanol–water partition coefficient (Wildman–Crippen LogP) is 2.60. The molecule has 1 atom stereocenters. The lowest BCUT2D eigenvalue weighted by molar-refractivity contribution is 0.296. The standard InChI is InChI=1S/C17H22N2O2/c1-3-18-14(2)15-7-9-16(10-8-15)21-13-12-19-11-5-4-6-17(19)20/h4-11,14,18H,3,12-13H2,1-2H3. The Labute approximate surface area is 125 Å². The first-order chi connectivity index (χ1) is 10.2. The monoisotopic (exact) mass is 286 g/mol. The molecule has 2 rings (SSSR count). The van der Waals surface area contributed by atoms with E-state index in [2.05, 4.69) is 31.3 Å². The van der Waals surface area contributed by atoms with Gasteiger partial charge in [-0.25, -0.2) is 0 Å². The molecule has 0 saturated heterocycles. The van der Waals surface area contributed by atoms with Crippen LogP contribution in [0.4, 0.5) is 0 Å². The van der Waals surface area contributed by atoms with Gasteiger partial charge in [0, 0.05) is 18.3 Å². The van der Waals surface area contributed by atoms with E-state index in [0.29, 0.717) is 19.2 Å². The zero-order chi connectivity index (χ0) is 15.1. The van der Waals surface area contributed by atoms with Gasteiger partial charge in [0.15, 0.2) is 0 Å². The van der Waals surface area contributed by atoms with Crippen molar-refractivity contribution in [2.75, 3.05) is 13.2 Å². The van der Waals surface area contributed by atoms with E-state index >= 15 is 0 Å². The molecule has 112 valence electrons. The Morgan fingerprint density at radius 1 is 1.19 bits per heavy atom. The Balaban J connectivity index is 1.87. The van der Waals surface area contributed by atoms with Crippen LogP contribution in [0.15, 0.2) is 53.5 Å². The minimum Gasteiger partial charge on any atom is -0.492 e. The van der Waals surface area contributed by atoms with Crippen molar-refractivity contribution in [3.8, 4) is 5.75 Å². The lowest BCUT2D eigenvalue weighted by Gasteiger charge is -2.13. The van der Waals surface area contributed by atoms with Gasteiger partial charge in [0.1, 0.15) is 12.4 Å². The molecule has 0 aliphatic heterocycles. The van der Waals surface area contributed by atoms with Crippen LogP contribution in [-0.2, 0) is 6.54 Å². The summed E-state index contributed by atoms with van der Waals surface area (Å²) in [5, 5.41) is 3.37. The number of ether oxygens (including phenoxy) is 1. The largest absolute Gasteiger partial charge is 0.492 e. The van der Waals surface area contributed by atoms with Gasteiger partial charge in [-0.2, -0.15) is 0 Å². The minimum absolute atomic E-state index is 0.00378. The van der Waals surface area contributed by atoms with Crippen LogP contribution in [0, 0.1) is 0 Å². The van der Waals surface area contributed by atoms with Gasteiger partial charge >= 0.3 is 0 Å². The number of hydrogen-bond donors (Lipinski definition) is 1. The molecule has 0 fully saturated rings. The molecule has 0 saturated carbocycles. The highest BCUT2D eigenvalue weighted by atomic mass is 16.5.